The van der Waals surface area contributed by atoms with Crippen molar-refractivity contribution in [1.82, 2.24) is 15.2 Å². The smallest absolute Gasteiger partial charge is 0.254 e. The Morgan fingerprint density at radius 1 is 1.29 bits per heavy atom. The summed E-state index contributed by atoms with van der Waals surface area (Å²) in [6.45, 7) is 2.95. The van der Waals surface area contributed by atoms with Gasteiger partial charge in [0.05, 0.1) is 5.52 Å². The largest absolute Gasteiger partial charge is 0.341 e. The van der Waals surface area contributed by atoms with Crippen LogP contribution in [0.5, 0.6) is 0 Å². The highest BCUT2D eigenvalue weighted by Gasteiger charge is 2.20. The number of amides is 1. The Balaban J connectivity index is 1.79. The molecule has 0 saturated carbocycles. The molecule has 4 nitrogen and oxygen atoms in total. The Hall–Kier alpha value is -1.94. The minimum Gasteiger partial charge on any atom is -0.341 e. The van der Waals surface area contributed by atoms with Crippen molar-refractivity contribution in [1.29, 1.82) is 0 Å². The lowest BCUT2D eigenvalue weighted by molar-refractivity contribution is 0.0764. The summed E-state index contributed by atoms with van der Waals surface area (Å²) in [5, 5.41) is 4.29. The van der Waals surface area contributed by atoms with Crippen LogP contribution in [0.25, 0.3) is 10.9 Å². The molecule has 2 heterocycles. The van der Waals surface area contributed by atoms with Crippen LogP contribution < -0.4 is 5.32 Å². The number of rotatable bonds is 3. The van der Waals surface area contributed by atoms with Gasteiger partial charge in [0.2, 0.25) is 0 Å². The molecule has 0 atom stereocenters. The third-order valence-corrected chi connectivity index (χ3v) is 4.21. The first-order valence-electron chi connectivity index (χ1n) is 7.55. The topological polar surface area (TPSA) is 45.2 Å². The first kappa shape index (κ1) is 14.0. The van der Waals surface area contributed by atoms with Crippen LogP contribution in [0, 0.1) is 5.92 Å². The van der Waals surface area contributed by atoms with Gasteiger partial charge in [0.15, 0.2) is 0 Å². The molecular weight excluding hydrogens is 262 g/mol. The lowest BCUT2D eigenvalue weighted by Crippen LogP contribution is -2.37. The number of nitrogens with zero attached hydrogens (tertiary/aromatic N) is 2. The van der Waals surface area contributed by atoms with Crippen molar-refractivity contribution in [2.45, 2.75) is 12.8 Å². The number of benzene rings is 1. The minimum absolute atomic E-state index is 0.0899. The average Bonchev–Trinajstić information content (AvgIpc) is 2.54. The van der Waals surface area contributed by atoms with Gasteiger partial charge in [0, 0.05) is 30.7 Å². The van der Waals surface area contributed by atoms with E-state index in [9.17, 15) is 4.79 Å². The van der Waals surface area contributed by atoms with Crippen molar-refractivity contribution in [2.75, 3.05) is 26.7 Å². The maximum Gasteiger partial charge on any atom is 0.254 e. The van der Waals surface area contributed by atoms with Gasteiger partial charge in [-0.05, 0) is 50.0 Å². The molecule has 1 aliphatic heterocycles. The quantitative estimate of drug-likeness (QED) is 0.940. The summed E-state index contributed by atoms with van der Waals surface area (Å²) < 4.78 is 0. The van der Waals surface area contributed by atoms with Crippen LogP contribution in [0.2, 0.25) is 0 Å². The maximum atomic E-state index is 12.7. The lowest BCUT2D eigenvalue weighted by atomic mass is 9.97. The van der Waals surface area contributed by atoms with Crippen LogP contribution in [0.4, 0.5) is 0 Å². The van der Waals surface area contributed by atoms with Crippen molar-refractivity contribution >= 4 is 16.8 Å². The molecule has 1 aliphatic rings. The molecule has 1 aromatic carbocycles. The third kappa shape index (κ3) is 3.05. The monoisotopic (exact) mass is 283 g/mol. The van der Waals surface area contributed by atoms with Crippen molar-refractivity contribution in [2.24, 2.45) is 5.92 Å². The van der Waals surface area contributed by atoms with Gasteiger partial charge in [-0.2, -0.15) is 0 Å². The number of carbonyl (C=O) groups is 1. The van der Waals surface area contributed by atoms with E-state index in [1.54, 1.807) is 6.20 Å². The first-order valence-corrected chi connectivity index (χ1v) is 7.55. The first-order chi connectivity index (χ1) is 10.3. The molecule has 1 saturated heterocycles. The predicted octanol–water partition coefficient (Wildman–Crippen LogP) is 2.31. The van der Waals surface area contributed by atoms with Crippen LogP contribution in [0.15, 0.2) is 36.5 Å². The van der Waals surface area contributed by atoms with E-state index < -0.39 is 0 Å². The van der Waals surface area contributed by atoms with Crippen LogP contribution in [-0.4, -0.2) is 42.5 Å². The van der Waals surface area contributed by atoms with Gasteiger partial charge in [-0.1, -0.05) is 12.1 Å². The van der Waals surface area contributed by atoms with Gasteiger partial charge in [0.25, 0.3) is 5.91 Å². The maximum absolute atomic E-state index is 12.7. The van der Waals surface area contributed by atoms with Crippen molar-refractivity contribution in [3.63, 3.8) is 0 Å². The summed E-state index contributed by atoms with van der Waals surface area (Å²) in [6.07, 6.45) is 4.05. The summed E-state index contributed by atoms with van der Waals surface area (Å²) >= 11 is 0. The minimum atomic E-state index is 0.0899. The summed E-state index contributed by atoms with van der Waals surface area (Å²) in [5.74, 6) is 0.695. The number of hydrogen-bond donors (Lipinski definition) is 1. The second-order valence-electron chi connectivity index (χ2n) is 5.75. The van der Waals surface area contributed by atoms with Crippen LogP contribution in [0.3, 0.4) is 0 Å². The molecule has 4 heteroatoms. The SMILES string of the molecule is CN(CC1CCNCC1)C(=O)c1cccc2ncccc12. The molecule has 2 aromatic rings. The van der Waals surface area contributed by atoms with Crippen LogP contribution in [0.1, 0.15) is 23.2 Å². The van der Waals surface area contributed by atoms with Gasteiger partial charge in [-0.25, -0.2) is 0 Å². The Morgan fingerprint density at radius 2 is 2.10 bits per heavy atom. The number of piperidine rings is 1. The standard InChI is InChI=1S/C17H21N3O/c1-20(12-13-7-10-18-11-8-13)17(21)15-4-2-6-16-14(15)5-3-9-19-16/h2-6,9,13,18H,7-8,10-12H2,1H3. The molecule has 1 aromatic heterocycles. The highest BCUT2D eigenvalue weighted by atomic mass is 16.2. The Morgan fingerprint density at radius 3 is 2.90 bits per heavy atom. The van der Waals surface area contributed by atoms with E-state index in [1.165, 1.54) is 0 Å². The van der Waals surface area contributed by atoms with E-state index in [0.717, 1.165) is 48.9 Å². The van der Waals surface area contributed by atoms with E-state index in [1.807, 2.05) is 42.3 Å². The van der Waals surface area contributed by atoms with E-state index >= 15 is 0 Å². The number of nitrogens with one attached hydrogen (secondary N) is 1. The molecule has 0 bridgehead atoms. The zero-order valence-corrected chi connectivity index (χ0v) is 12.4. The van der Waals surface area contributed by atoms with Crippen LogP contribution >= 0.6 is 0 Å². The fourth-order valence-corrected chi connectivity index (χ4v) is 3.03. The molecule has 0 spiro atoms. The Bertz CT molecular complexity index is 629. The number of aromatic nitrogens is 1. The van der Waals surface area contributed by atoms with Crippen LogP contribution in [-0.2, 0) is 0 Å². The highest BCUT2D eigenvalue weighted by Crippen LogP contribution is 2.19. The van der Waals surface area contributed by atoms with E-state index in [-0.39, 0.29) is 5.91 Å². The zero-order chi connectivity index (χ0) is 14.7. The lowest BCUT2D eigenvalue weighted by Gasteiger charge is -2.27. The van der Waals surface area contributed by atoms with E-state index in [0.29, 0.717) is 5.92 Å². The molecule has 1 amide bonds. The van der Waals surface area contributed by atoms with Gasteiger partial charge in [-0.3, -0.25) is 9.78 Å². The molecule has 0 radical (unpaired) electrons. The fourth-order valence-electron chi connectivity index (χ4n) is 3.03. The summed E-state index contributed by atoms with van der Waals surface area (Å²) in [7, 11) is 1.90. The number of hydrogen-bond acceptors (Lipinski definition) is 3. The molecule has 1 fully saturated rings. The Labute approximate surface area is 125 Å². The van der Waals surface area contributed by atoms with E-state index in [2.05, 4.69) is 10.3 Å². The second-order valence-corrected chi connectivity index (χ2v) is 5.75. The Kier molecular flexibility index (Phi) is 4.15. The zero-order valence-electron chi connectivity index (χ0n) is 12.4. The van der Waals surface area contributed by atoms with Crippen molar-refractivity contribution in [3.05, 3.63) is 42.1 Å². The summed E-state index contributed by atoms with van der Waals surface area (Å²) in [4.78, 5) is 18.9. The summed E-state index contributed by atoms with van der Waals surface area (Å²) in [5.41, 5.74) is 1.62. The van der Waals surface area contributed by atoms with E-state index in [4.69, 9.17) is 0 Å². The molecule has 21 heavy (non-hydrogen) atoms. The molecule has 0 aliphatic carbocycles. The average molecular weight is 283 g/mol. The van der Waals surface area contributed by atoms with Crippen molar-refractivity contribution < 1.29 is 4.79 Å². The van der Waals surface area contributed by atoms with Gasteiger partial charge in [0.1, 0.15) is 0 Å². The van der Waals surface area contributed by atoms with Crippen molar-refractivity contribution in [3.8, 4) is 0 Å². The number of carbonyl (C=O) groups excluding carboxylic acids is 1. The van der Waals surface area contributed by atoms with Gasteiger partial charge in [-0.15, -0.1) is 0 Å². The third-order valence-electron chi connectivity index (χ3n) is 4.21. The number of fused-ring (bicyclic) bond motifs is 1. The highest BCUT2D eigenvalue weighted by molar-refractivity contribution is 6.06. The van der Waals surface area contributed by atoms with Gasteiger partial charge < -0.3 is 10.2 Å². The summed E-state index contributed by atoms with van der Waals surface area (Å²) in [6, 6.07) is 9.59. The molecule has 110 valence electrons. The van der Waals surface area contributed by atoms with Gasteiger partial charge >= 0.3 is 0 Å². The second kappa shape index (κ2) is 6.22. The normalized spacial score (nSPS) is 16.0. The fraction of sp³-hybridized carbons (Fsp3) is 0.412. The molecule has 0 unspecified atom stereocenters. The predicted molar refractivity (Wildman–Crippen MR) is 84.3 cm³/mol. The molecule has 3 rings (SSSR count). The molecule has 1 N–H and O–H groups in total. The molecular formula is C17H21N3O. The number of pyridine rings is 1.